The average Bonchev–Trinajstić information content (AvgIpc) is 2.17. The highest BCUT2D eigenvalue weighted by Gasteiger charge is 2.18. The van der Waals surface area contributed by atoms with Crippen LogP contribution in [0.5, 0.6) is 0 Å². The fourth-order valence-electron chi connectivity index (χ4n) is 1.01. The van der Waals surface area contributed by atoms with Crippen LogP contribution in [0.2, 0.25) is 5.02 Å². The Kier molecular flexibility index (Phi) is 4.24. The number of sulfonamides is 1. The van der Waals surface area contributed by atoms with Crippen LogP contribution < -0.4 is 4.72 Å². The number of hydrogen-bond donors (Lipinski definition) is 1. The van der Waals surface area contributed by atoms with Crippen molar-refractivity contribution >= 4 is 21.6 Å². The zero-order valence-electron chi connectivity index (χ0n) is 8.07. The van der Waals surface area contributed by atoms with Crippen molar-refractivity contribution in [2.45, 2.75) is 11.3 Å². The summed E-state index contributed by atoms with van der Waals surface area (Å²) in [5.74, 6) is -0.919. The molecule has 0 aliphatic heterocycles. The second-order valence-electron chi connectivity index (χ2n) is 2.88. The highest BCUT2D eigenvalue weighted by molar-refractivity contribution is 7.89. The standard InChI is InChI=1S/C9H8ClFN2O2S/c10-7-2-3-9(8(11)6-7)16(14,15)13-5-1-4-12/h2-3,6,13H,1,5H2. The van der Waals surface area contributed by atoms with E-state index in [4.69, 9.17) is 16.9 Å². The zero-order chi connectivity index (χ0) is 12.2. The molecular formula is C9H8ClFN2O2S. The van der Waals surface area contributed by atoms with E-state index in [1.807, 2.05) is 0 Å². The minimum atomic E-state index is -3.91. The van der Waals surface area contributed by atoms with Crippen LogP contribution >= 0.6 is 11.6 Å². The maximum Gasteiger partial charge on any atom is 0.243 e. The van der Waals surface area contributed by atoms with Crippen LogP contribution in [0.4, 0.5) is 4.39 Å². The Morgan fingerprint density at radius 3 is 2.75 bits per heavy atom. The normalized spacial score (nSPS) is 11.1. The first-order valence-corrected chi connectivity index (χ1v) is 6.15. The van der Waals surface area contributed by atoms with Gasteiger partial charge in [0.15, 0.2) is 0 Å². The van der Waals surface area contributed by atoms with Crippen molar-refractivity contribution < 1.29 is 12.8 Å². The Labute approximate surface area is 97.7 Å². The van der Waals surface area contributed by atoms with Crippen molar-refractivity contribution in [2.24, 2.45) is 0 Å². The lowest BCUT2D eigenvalue weighted by Crippen LogP contribution is -2.25. The van der Waals surface area contributed by atoms with Gasteiger partial charge in [0.05, 0.1) is 6.07 Å². The molecule has 0 aromatic heterocycles. The summed E-state index contributed by atoms with van der Waals surface area (Å²) in [5.41, 5.74) is 0. The predicted molar refractivity (Wildman–Crippen MR) is 56.8 cm³/mol. The molecule has 1 aromatic rings. The van der Waals surface area contributed by atoms with Gasteiger partial charge in [0.2, 0.25) is 10.0 Å². The monoisotopic (exact) mass is 262 g/mol. The van der Waals surface area contributed by atoms with E-state index < -0.39 is 20.7 Å². The Balaban J connectivity index is 2.95. The van der Waals surface area contributed by atoms with Crippen molar-refractivity contribution in [1.29, 1.82) is 5.26 Å². The smallest absolute Gasteiger partial charge is 0.210 e. The summed E-state index contributed by atoms with van der Waals surface area (Å²) in [7, 11) is -3.91. The van der Waals surface area contributed by atoms with Crippen LogP contribution in [0.3, 0.4) is 0 Å². The molecule has 0 amide bonds. The largest absolute Gasteiger partial charge is 0.243 e. The maximum absolute atomic E-state index is 13.3. The highest BCUT2D eigenvalue weighted by atomic mass is 35.5. The first-order chi connectivity index (χ1) is 7.47. The summed E-state index contributed by atoms with van der Waals surface area (Å²) in [5, 5.41) is 8.37. The van der Waals surface area contributed by atoms with Gasteiger partial charge in [0.25, 0.3) is 0 Å². The minimum Gasteiger partial charge on any atom is -0.210 e. The Morgan fingerprint density at radius 2 is 2.19 bits per heavy atom. The molecule has 0 aliphatic carbocycles. The Hall–Kier alpha value is -1.16. The quantitative estimate of drug-likeness (QED) is 0.839. The minimum absolute atomic E-state index is 0.0223. The lowest BCUT2D eigenvalue weighted by atomic mass is 10.3. The van der Waals surface area contributed by atoms with E-state index in [9.17, 15) is 12.8 Å². The van der Waals surface area contributed by atoms with Crippen molar-refractivity contribution in [3.8, 4) is 6.07 Å². The van der Waals surface area contributed by atoms with Gasteiger partial charge in [0, 0.05) is 18.0 Å². The first kappa shape index (κ1) is 12.9. The number of nitrogens with zero attached hydrogens (tertiary/aromatic N) is 1. The molecule has 7 heteroatoms. The van der Waals surface area contributed by atoms with Gasteiger partial charge in [-0.25, -0.2) is 17.5 Å². The van der Waals surface area contributed by atoms with E-state index in [0.29, 0.717) is 0 Å². The van der Waals surface area contributed by atoms with Crippen LogP contribution in [0, 0.1) is 17.1 Å². The van der Waals surface area contributed by atoms with Crippen molar-refractivity contribution in [3.05, 3.63) is 29.0 Å². The number of benzene rings is 1. The first-order valence-electron chi connectivity index (χ1n) is 4.29. The molecule has 0 radical (unpaired) electrons. The van der Waals surface area contributed by atoms with Gasteiger partial charge in [0.1, 0.15) is 10.7 Å². The van der Waals surface area contributed by atoms with Gasteiger partial charge in [-0.05, 0) is 18.2 Å². The molecule has 0 unspecified atom stereocenters. The van der Waals surface area contributed by atoms with E-state index in [0.717, 1.165) is 12.1 Å². The van der Waals surface area contributed by atoms with E-state index in [1.54, 1.807) is 6.07 Å². The van der Waals surface area contributed by atoms with Gasteiger partial charge < -0.3 is 0 Å². The molecule has 0 spiro atoms. The molecule has 0 bridgehead atoms. The molecule has 0 heterocycles. The number of rotatable bonds is 4. The number of hydrogen-bond acceptors (Lipinski definition) is 3. The summed E-state index contributed by atoms with van der Waals surface area (Å²) in [4.78, 5) is -0.477. The zero-order valence-corrected chi connectivity index (χ0v) is 9.65. The summed E-state index contributed by atoms with van der Waals surface area (Å²) >= 11 is 5.50. The molecule has 1 aromatic carbocycles. The summed E-state index contributed by atoms with van der Waals surface area (Å²) in [6, 6.07) is 5.05. The second kappa shape index (κ2) is 5.25. The molecule has 4 nitrogen and oxygen atoms in total. The van der Waals surface area contributed by atoms with Crippen molar-refractivity contribution in [3.63, 3.8) is 0 Å². The van der Waals surface area contributed by atoms with Crippen LogP contribution in [0.25, 0.3) is 0 Å². The molecule has 0 fully saturated rings. The van der Waals surface area contributed by atoms with Gasteiger partial charge in [-0.1, -0.05) is 11.6 Å². The van der Waals surface area contributed by atoms with Crippen molar-refractivity contribution in [2.75, 3.05) is 6.54 Å². The van der Waals surface area contributed by atoms with E-state index >= 15 is 0 Å². The third-order valence-corrected chi connectivity index (χ3v) is 3.44. The van der Waals surface area contributed by atoms with Crippen LogP contribution in [0.1, 0.15) is 6.42 Å². The second-order valence-corrected chi connectivity index (χ2v) is 5.05. The molecule has 86 valence electrons. The van der Waals surface area contributed by atoms with Crippen LogP contribution in [0.15, 0.2) is 23.1 Å². The van der Waals surface area contributed by atoms with Gasteiger partial charge in [-0.15, -0.1) is 0 Å². The maximum atomic E-state index is 13.3. The Bertz CT molecular complexity index is 525. The molecule has 1 rings (SSSR count). The highest BCUT2D eigenvalue weighted by Crippen LogP contribution is 2.18. The van der Waals surface area contributed by atoms with Crippen LogP contribution in [-0.2, 0) is 10.0 Å². The molecular weight excluding hydrogens is 255 g/mol. The number of nitriles is 1. The fraction of sp³-hybridized carbons (Fsp3) is 0.222. The summed E-state index contributed by atoms with van der Waals surface area (Å²) in [6.07, 6.45) is 0.0223. The molecule has 1 N–H and O–H groups in total. The lowest BCUT2D eigenvalue weighted by molar-refractivity contribution is 0.557. The van der Waals surface area contributed by atoms with E-state index in [1.165, 1.54) is 6.07 Å². The lowest BCUT2D eigenvalue weighted by Gasteiger charge is -2.05. The third-order valence-electron chi connectivity index (χ3n) is 1.71. The van der Waals surface area contributed by atoms with Gasteiger partial charge >= 0.3 is 0 Å². The fourth-order valence-corrected chi connectivity index (χ4v) is 2.26. The molecule has 0 saturated heterocycles. The third kappa shape index (κ3) is 3.17. The van der Waals surface area contributed by atoms with Crippen molar-refractivity contribution in [1.82, 2.24) is 4.72 Å². The number of nitrogens with one attached hydrogen (secondary N) is 1. The predicted octanol–water partition coefficient (Wildman–Crippen LogP) is 1.67. The van der Waals surface area contributed by atoms with Gasteiger partial charge in [-0.3, -0.25) is 0 Å². The van der Waals surface area contributed by atoms with E-state index in [2.05, 4.69) is 4.72 Å². The summed E-state index contributed by atoms with van der Waals surface area (Å²) in [6.45, 7) is -0.0547. The number of halogens is 2. The van der Waals surface area contributed by atoms with Crippen LogP contribution in [-0.4, -0.2) is 15.0 Å². The SMILES string of the molecule is N#CCCNS(=O)(=O)c1ccc(Cl)cc1F. The molecule has 16 heavy (non-hydrogen) atoms. The van der Waals surface area contributed by atoms with E-state index in [-0.39, 0.29) is 18.0 Å². The summed E-state index contributed by atoms with van der Waals surface area (Å²) < 4.78 is 38.5. The Morgan fingerprint density at radius 1 is 1.50 bits per heavy atom. The average molecular weight is 263 g/mol. The molecule has 0 saturated carbocycles. The molecule has 0 aliphatic rings. The molecule has 0 atom stereocenters. The van der Waals surface area contributed by atoms with Gasteiger partial charge in [-0.2, -0.15) is 5.26 Å². The topological polar surface area (TPSA) is 70.0 Å².